The molecule has 0 fully saturated rings. The molecule has 2 rings (SSSR count). The van der Waals surface area contributed by atoms with E-state index in [2.05, 4.69) is 10.6 Å². The van der Waals surface area contributed by atoms with E-state index in [1.54, 1.807) is 43.3 Å². The van der Waals surface area contributed by atoms with Gasteiger partial charge in [-0.25, -0.2) is 8.42 Å². The molecular weight excluding hydrogens is 376 g/mol. The molecular formula is C21H26N2O4S. The van der Waals surface area contributed by atoms with E-state index in [1.165, 1.54) is 12.1 Å². The van der Waals surface area contributed by atoms with Gasteiger partial charge in [-0.3, -0.25) is 9.59 Å². The minimum absolute atomic E-state index is 0.0247. The molecule has 2 aromatic rings. The van der Waals surface area contributed by atoms with Crippen LogP contribution in [0.4, 0.5) is 0 Å². The molecule has 6 nitrogen and oxygen atoms in total. The lowest BCUT2D eigenvalue weighted by Gasteiger charge is -2.13. The van der Waals surface area contributed by atoms with E-state index in [-0.39, 0.29) is 34.7 Å². The predicted octanol–water partition coefficient (Wildman–Crippen LogP) is 2.94. The van der Waals surface area contributed by atoms with Crippen molar-refractivity contribution in [2.45, 2.75) is 44.7 Å². The molecule has 0 unspecified atom stereocenters. The minimum Gasteiger partial charge on any atom is -0.350 e. The Hall–Kier alpha value is -2.67. The Kier molecular flexibility index (Phi) is 7.34. The average Bonchev–Trinajstić information content (AvgIpc) is 2.72. The third-order valence-electron chi connectivity index (χ3n) is 4.48. The van der Waals surface area contributed by atoms with Crippen LogP contribution >= 0.6 is 0 Å². The van der Waals surface area contributed by atoms with Gasteiger partial charge in [0.15, 0.2) is 9.84 Å². The Morgan fingerprint density at radius 1 is 1.00 bits per heavy atom. The summed E-state index contributed by atoms with van der Waals surface area (Å²) in [6, 6.07) is 13.2. The zero-order chi connectivity index (χ0) is 20.7. The summed E-state index contributed by atoms with van der Waals surface area (Å²) < 4.78 is 24.4. The smallest absolute Gasteiger partial charge is 0.252 e. The van der Waals surface area contributed by atoms with E-state index in [4.69, 9.17) is 0 Å². The van der Waals surface area contributed by atoms with Gasteiger partial charge in [-0.2, -0.15) is 0 Å². The molecule has 2 aromatic carbocycles. The molecule has 150 valence electrons. The average molecular weight is 403 g/mol. The van der Waals surface area contributed by atoms with Gasteiger partial charge in [-0.15, -0.1) is 0 Å². The normalized spacial score (nSPS) is 12.2. The fraction of sp³-hybridized carbons (Fsp3) is 0.333. The Bertz CT molecular complexity index is 954. The maximum atomic E-state index is 12.5. The highest BCUT2D eigenvalue weighted by Gasteiger charge is 2.20. The van der Waals surface area contributed by atoms with Crippen molar-refractivity contribution in [3.05, 3.63) is 65.2 Å². The van der Waals surface area contributed by atoms with Gasteiger partial charge in [-0.05, 0) is 43.2 Å². The molecule has 0 aliphatic rings. The van der Waals surface area contributed by atoms with Gasteiger partial charge in [0.2, 0.25) is 0 Å². The first kappa shape index (κ1) is 21.6. The maximum absolute atomic E-state index is 12.5. The lowest BCUT2D eigenvalue weighted by atomic mass is 10.1. The third-order valence-corrected chi connectivity index (χ3v) is 6.27. The van der Waals surface area contributed by atoms with Crippen molar-refractivity contribution in [2.75, 3.05) is 5.75 Å². The van der Waals surface area contributed by atoms with Crippen LogP contribution in [-0.4, -0.2) is 32.0 Å². The fourth-order valence-corrected chi connectivity index (χ4v) is 3.68. The van der Waals surface area contributed by atoms with Crippen LogP contribution in [0.5, 0.6) is 0 Å². The molecule has 0 bridgehead atoms. The summed E-state index contributed by atoms with van der Waals surface area (Å²) >= 11 is 0. The number of rotatable bonds is 8. The number of carbonyl (C=O) groups is 2. The van der Waals surface area contributed by atoms with E-state index in [0.29, 0.717) is 5.56 Å². The van der Waals surface area contributed by atoms with Crippen molar-refractivity contribution >= 4 is 21.7 Å². The Morgan fingerprint density at radius 2 is 1.71 bits per heavy atom. The molecule has 0 radical (unpaired) electrons. The highest BCUT2D eigenvalue weighted by molar-refractivity contribution is 7.91. The molecule has 2 amide bonds. The molecule has 0 heterocycles. The quantitative estimate of drug-likeness (QED) is 0.710. The lowest BCUT2D eigenvalue weighted by Crippen LogP contribution is -2.32. The second kappa shape index (κ2) is 9.50. The Balaban J connectivity index is 2.12. The molecule has 0 aliphatic heterocycles. The van der Waals surface area contributed by atoms with Crippen molar-refractivity contribution in [3.8, 4) is 0 Å². The SMILES string of the molecule is CC[C@@H](C)NC(=O)c1cccc(CNC(=O)c2ccccc2S(=O)(=O)CC)c1. The molecule has 0 saturated carbocycles. The van der Waals surface area contributed by atoms with Crippen LogP contribution in [0.1, 0.15) is 53.5 Å². The van der Waals surface area contributed by atoms with Crippen molar-refractivity contribution in [1.82, 2.24) is 10.6 Å². The molecule has 0 aromatic heterocycles. The van der Waals surface area contributed by atoms with Crippen molar-refractivity contribution in [3.63, 3.8) is 0 Å². The number of hydrogen-bond acceptors (Lipinski definition) is 4. The largest absolute Gasteiger partial charge is 0.350 e. The van der Waals surface area contributed by atoms with E-state index < -0.39 is 15.7 Å². The van der Waals surface area contributed by atoms with Crippen LogP contribution in [0, 0.1) is 0 Å². The molecule has 0 saturated heterocycles. The van der Waals surface area contributed by atoms with Gasteiger partial charge < -0.3 is 10.6 Å². The molecule has 0 aliphatic carbocycles. The molecule has 28 heavy (non-hydrogen) atoms. The number of hydrogen-bond donors (Lipinski definition) is 2. The van der Waals surface area contributed by atoms with Crippen molar-refractivity contribution < 1.29 is 18.0 Å². The zero-order valence-electron chi connectivity index (χ0n) is 16.4. The van der Waals surface area contributed by atoms with Crippen LogP contribution in [0.25, 0.3) is 0 Å². The van der Waals surface area contributed by atoms with Gasteiger partial charge in [0.1, 0.15) is 0 Å². The standard InChI is InChI=1S/C21H26N2O4S/c1-4-15(3)23-20(24)17-10-8-9-16(13-17)14-22-21(25)18-11-6-7-12-19(18)28(26,27)5-2/h6-13,15H,4-5,14H2,1-3H3,(H,22,25)(H,23,24)/t15-/m1/s1. The van der Waals surface area contributed by atoms with Crippen LogP contribution < -0.4 is 10.6 Å². The highest BCUT2D eigenvalue weighted by atomic mass is 32.2. The number of nitrogens with one attached hydrogen (secondary N) is 2. The number of benzene rings is 2. The minimum atomic E-state index is -3.50. The van der Waals surface area contributed by atoms with Gasteiger partial charge in [0.05, 0.1) is 16.2 Å². The van der Waals surface area contributed by atoms with E-state index >= 15 is 0 Å². The summed E-state index contributed by atoms with van der Waals surface area (Å²) in [4.78, 5) is 24.8. The first-order valence-corrected chi connectivity index (χ1v) is 10.9. The summed E-state index contributed by atoms with van der Waals surface area (Å²) in [5, 5.41) is 5.64. The van der Waals surface area contributed by atoms with E-state index in [1.807, 2.05) is 13.8 Å². The van der Waals surface area contributed by atoms with E-state index in [0.717, 1.165) is 12.0 Å². The summed E-state index contributed by atoms with van der Waals surface area (Å²) in [5.74, 6) is -0.714. The number of amides is 2. The summed E-state index contributed by atoms with van der Waals surface area (Å²) in [5.41, 5.74) is 1.39. The second-order valence-electron chi connectivity index (χ2n) is 6.57. The molecule has 1 atom stereocenters. The van der Waals surface area contributed by atoms with Crippen LogP contribution in [0.3, 0.4) is 0 Å². The van der Waals surface area contributed by atoms with Gasteiger partial charge in [-0.1, -0.05) is 38.1 Å². The fourth-order valence-electron chi connectivity index (χ4n) is 2.59. The maximum Gasteiger partial charge on any atom is 0.252 e. The monoisotopic (exact) mass is 402 g/mol. The molecule has 2 N–H and O–H groups in total. The predicted molar refractivity (Wildman–Crippen MR) is 109 cm³/mol. The Labute approximate surface area is 166 Å². The van der Waals surface area contributed by atoms with Crippen LogP contribution in [0.15, 0.2) is 53.4 Å². The zero-order valence-corrected chi connectivity index (χ0v) is 17.2. The first-order valence-electron chi connectivity index (χ1n) is 9.28. The summed E-state index contributed by atoms with van der Waals surface area (Å²) in [7, 11) is -3.50. The first-order chi connectivity index (χ1) is 13.3. The summed E-state index contributed by atoms with van der Waals surface area (Å²) in [6.45, 7) is 5.65. The van der Waals surface area contributed by atoms with Crippen LogP contribution in [0.2, 0.25) is 0 Å². The van der Waals surface area contributed by atoms with Crippen molar-refractivity contribution in [1.29, 1.82) is 0 Å². The third kappa shape index (κ3) is 5.42. The number of carbonyl (C=O) groups excluding carboxylic acids is 2. The Morgan fingerprint density at radius 3 is 2.39 bits per heavy atom. The van der Waals surface area contributed by atoms with Gasteiger partial charge >= 0.3 is 0 Å². The van der Waals surface area contributed by atoms with Crippen LogP contribution in [-0.2, 0) is 16.4 Å². The van der Waals surface area contributed by atoms with E-state index in [9.17, 15) is 18.0 Å². The van der Waals surface area contributed by atoms with Gasteiger partial charge in [0.25, 0.3) is 11.8 Å². The van der Waals surface area contributed by atoms with Gasteiger partial charge in [0, 0.05) is 18.2 Å². The molecule has 7 heteroatoms. The second-order valence-corrected chi connectivity index (χ2v) is 8.81. The lowest BCUT2D eigenvalue weighted by molar-refractivity contribution is 0.0936. The summed E-state index contributed by atoms with van der Waals surface area (Å²) in [6.07, 6.45) is 0.835. The molecule has 0 spiro atoms. The van der Waals surface area contributed by atoms with Crippen molar-refractivity contribution in [2.24, 2.45) is 0 Å². The number of sulfone groups is 1. The highest BCUT2D eigenvalue weighted by Crippen LogP contribution is 2.17. The topological polar surface area (TPSA) is 92.3 Å².